The molecule has 0 aromatic heterocycles. The Bertz CT molecular complexity index is 1460. The lowest BCUT2D eigenvalue weighted by atomic mass is 9.93. The third-order valence-corrected chi connectivity index (χ3v) is 7.06. The Morgan fingerprint density at radius 2 is 1.82 bits per heavy atom. The molecular weight excluding hydrogens is 494 g/mol. The fraction of sp³-hybridized carbons (Fsp3) is 0.281. The minimum atomic E-state index is -0.772. The quantitative estimate of drug-likeness (QED) is 0.189. The van der Waals surface area contributed by atoms with E-state index in [1.54, 1.807) is 36.4 Å². The van der Waals surface area contributed by atoms with Crippen molar-refractivity contribution in [3.8, 4) is 5.75 Å². The average molecular weight is 526 g/mol. The summed E-state index contributed by atoms with van der Waals surface area (Å²) in [6.07, 6.45) is 2.42. The van der Waals surface area contributed by atoms with Gasteiger partial charge in [0, 0.05) is 12.1 Å². The van der Waals surface area contributed by atoms with Crippen molar-refractivity contribution in [1.29, 1.82) is 0 Å². The van der Waals surface area contributed by atoms with Gasteiger partial charge in [-0.25, -0.2) is 4.79 Å². The number of aliphatic hydroxyl groups is 1. The number of rotatable bonds is 7. The monoisotopic (exact) mass is 525 g/mol. The van der Waals surface area contributed by atoms with Gasteiger partial charge in [0.1, 0.15) is 11.5 Å². The summed E-state index contributed by atoms with van der Waals surface area (Å²) >= 11 is 0. The fourth-order valence-electron chi connectivity index (χ4n) is 5.11. The van der Waals surface area contributed by atoms with Crippen LogP contribution in [0.1, 0.15) is 64.0 Å². The Morgan fingerprint density at radius 3 is 2.56 bits per heavy atom. The van der Waals surface area contributed by atoms with Gasteiger partial charge < -0.3 is 19.5 Å². The molecule has 0 spiro atoms. The number of amides is 1. The van der Waals surface area contributed by atoms with Crippen molar-refractivity contribution in [3.63, 3.8) is 0 Å². The van der Waals surface area contributed by atoms with Gasteiger partial charge in [-0.05, 0) is 73.2 Å². The van der Waals surface area contributed by atoms with E-state index in [1.807, 2.05) is 44.2 Å². The number of carbonyl (C=O) groups excluding carboxylic acids is 3. The molecule has 1 saturated heterocycles. The van der Waals surface area contributed by atoms with E-state index in [2.05, 4.69) is 0 Å². The number of hydrogen-bond donors (Lipinski definition) is 1. The largest absolute Gasteiger partial charge is 0.507 e. The molecule has 0 bridgehead atoms. The van der Waals surface area contributed by atoms with Gasteiger partial charge in [0.15, 0.2) is 0 Å². The second kappa shape index (κ2) is 11.2. The number of benzene rings is 3. The zero-order valence-electron chi connectivity index (χ0n) is 22.1. The summed E-state index contributed by atoms with van der Waals surface area (Å²) in [6.45, 7) is 4.99. The molecule has 2 aliphatic heterocycles. The van der Waals surface area contributed by atoms with E-state index in [9.17, 15) is 19.5 Å². The Labute approximate surface area is 227 Å². The lowest BCUT2D eigenvalue weighted by Crippen LogP contribution is -2.29. The summed E-state index contributed by atoms with van der Waals surface area (Å²) in [5, 5.41) is 11.5. The average Bonchev–Trinajstić information content (AvgIpc) is 3.20. The van der Waals surface area contributed by atoms with Crippen molar-refractivity contribution < 1.29 is 29.0 Å². The van der Waals surface area contributed by atoms with Gasteiger partial charge >= 0.3 is 5.97 Å². The van der Waals surface area contributed by atoms with E-state index < -0.39 is 23.7 Å². The molecular formula is C32H31NO6. The number of hydrogen-bond acceptors (Lipinski definition) is 6. The molecule has 3 aromatic carbocycles. The Balaban J connectivity index is 1.53. The van der Waals surface area contributed by atoms with Crippen LogP contribution in [0, 0.1) is 6.92 Å². The first kappa shape index (κ1) is 26.2. The molecule has 0 aliphatic carbocycles. The molecule has 1 unspecified atom stereocenters. The highest BCUT2D eigenvalue weighted by atomic mass is 16.5. The van der Waals surface area contributed by atoms with E-state index in [4.69, 9.17) is 9.47 Å². The molecule has 1 amide bonds. The van der Waals surface area contributed by atoms with Crippen LogP contribution in [0.25, 0.3) is 5.76 Å². The number of esters is 1. The predicted octanol–water partition coefficient (Wildman–Crippen LogP) is 5.51. The van der Waals surface area contributed by atoms with Gasteiger partial charge in [0.05, 0.1) is 30.4 Å². The maximum Gasteiger partial charge on any atom is 0.338 e. The van der Waals surface area contributed by atoms with Crippen LogP contribution < -0.4 is 4.74 Å². The van der Waals surface area contributed by atoms with Gasteiger partial charge in [-0.1, -0.05) is 48.9 Å². The van der Waals surface area contributed by atoms with Crippen LogP contribution in [0.2, 0.25) is 0 Å². The van der Waals surface area contributed by atoms with Crippen LogP contribution in [-0.2, 0) is 27.3 Å². The van der Waals surface area contributed by atoms with E-state index >= 15 is 0 Å². The molecule has 1 atom stereocenters. The predicted molar refractivity (Wildman–Crippen MR) is 146 cm³/mol. The van der Waals surface area contributed by atoms with Gasteiger partial charge in [-0.15, -0.1) is 0 Å². The van der Waals surface area contributed by atoms with E-state index in [1.165, 1.54) is 4.90 Å². The molecule has 0 radical (unpaired) electrons. The molecule has 200 valence electrons. The highest BCUT2D eigenvalue weighted by molar-refractivity contribution is 6.46. The number of ketones is 1. The third-order valence-electron chi connectivity index (χ3n) is 7.06. The summed E-state index contributed by atoms with van der Waals surface area (Å²) in [6, 6.07) is 19.0. The molecule has 0 saturated carbocycles. The number of carbonyl (C=O) groups is 3. The van der Waals surface area contributed by atoms with Crippen molar-refractivity contribution in [1.82, 2.24) is 4.90 Å². The maximum absolute atomic E-state index is 13.4. The van der Waals surface area contributed by atoms with Gasteiger partial charge in [0.25, 0.3) is 11.7 Å². The summed E-state index contributed by atoms with van der Waals surface area (Å²) in [5.74, 6) is -1.25. The lowest BCUT2D eigenvalue weighted by molar-refractivity contribution is -0.140. The second-order valence-corrected chi connectivity index (χ2v) is 9.95. The summed E-state index contributed by atoms with van der Waals surface area (Å²) < 4.78 is 10.9. The number of ether oxygens (including phenoxy) is 2. The minimum absolute atomic E-state index is 0.0574. The van der Waals surface area contributed by atoms with Crippen LogP contribution >= 0.6 is 0 Å². The zero-order valence-corrected chi connectivity index (χ0v) is 22.1. The molecule has 2 aliphatic rings. The van der Waals surface area contributed by atoms with E-state index in [0.29, 0.717) is 24.3 Å². The van der Waals surface area contributed by atoms with E-state index in [-0.39, 0.29) is 17.9 Å². The standard InChI is InChI=1S/C32H31NO6/c1-3-15-39-32(37)22-11-9-21(10-12-22)19-33-28(24-7-4-6-20(2)17-24)27(30(35)31(33)36)29(34)25-13-14-26-23(18-25)8-5-16-38-26/h4,6-7,9-14,17-18,28,34H,3,5,8,15-16,19H2,1-2H3/b29-27-. The highest BCUT2D eigenvalue weighted by Gasteiger charge is 2.46. The smallest absolute Gasteiger partial charge is 0.338 e. The van der Waals surface area contributed by atoms with Crippen molar-refractivity contribution >= 4 is 23.4 Å². The molecule has 1 fully saturated rings. The summed E-state index contributed by atoms with van der Waals surface area (Å²) in [7, 11) is 0. The number of fused-ring (bicyclic) bond motifs is 1. The summed E-state index contributed by atoms with van der Waals surface area (Å²) in [4.78, 5) is 40.5. The molecule has 39 heavy (non-hydrogen) atoms. The normalized spacial score (nSPS) is 18.0. The van der Waals surface area contributed by atoms with Crippen LogP contribution in [0.4, 0.5) is 0 Å². The van der Waals surface area contributed by atoms with Crippen molar-refractivity contribution in [2.24, 2.45) is 0 Å². The first-order chi connectivity index (χ1) is 18.9. The van der Waals surface area contributed by atoms with Crippen molar-refractivity contribution in [2.75, 3.05) is 13.2 Å². The lowest BCUT2D eigenvalue weighted by Gasteiger charge is -2.26. The third kappa shape index (κ3) is 5.30. The van der Waals surface area contributed by atoms with E-state index in [0.717, 1.165) is 47.3 Å². The fourth-order valence-corrected chi connectivity index (χ4v) is 5.11. The Morgan fingerprint density at radius 1 is 1.05 bits per heavy atom. The molecule has 5 rings (SSSR count). The van der Waals surface area contributed by atoms with Crippen molar-refractivity contribution in [3.05, 3.63) is 106 Å². The SMILES string of the molecule is CCCOC(=O)c1ccc(CN2C(=O)C(=O)/C(=C(\O)c3ccc4c(c3)CCCO4)C2c2cccc(C)c2)cc1. The molecule has 3 aromatic rings. The summed E-state index contributed by atoms with van der Waals surface area (Å²) in [5.41, 5.74) is 4.36. The second-order valence-electron chi connectivity index (χ2n) is 9.95. The van der Waals surface area contributed by atoms with Crippen LogP contribution in [-0.4, -0.2) is 40.9 Å². The number of likely N-dealkylation sites (tertiary alicyclic amines) is 1. The van der Waals surface area contributed by atoms with Crippen molar-refractivity contribution in [2.45, 2.75) is 45.7 Å². The highest BCUT2D eigenvalue weighted by Crippen LogP contribution is 2.41. The first-order valence-electron chi connectivity index (χ1n) is 13.2. The molecule has 7 nitrogen and oxygen atoms in total. The molecule has 2 heterocycles. The molecule has 7 heteroatoms. The number of aryl methyl sites for hydroxylation is 2. The van der Waals surface area contributed by atoms with Crippen LogP contribution in [0.15, 0.2) is 72.3 Å². The maximum atomic E-state index is 13.4. The molecule has 1 N–H and O–H groups in total. The Kier molecular flexibility index (Phi) is 7.50. The zero-order chi connectivity index (χ0) is 27.5. The Hall–Kier alpha value is -4.39. The number of aliphatic hydroxyl groups excluding tert-OH is 1. The van der Waals surface area contributed by atoms with Gasteiger partial charge in [-0.2, -0.15) is 0 Å². The van der Waals surface area contributed by atoms with Gasteiger partial charge in [0.2, 0.25) is 0 Å². The van der Waals surface area contributed by atoms with Crippen LogP contribution in [0.3, 0.4) is 0 Å². The minimum Gasteiger partial charge on any atom is -0.507 e. The first-order valence-corrected chi connectivity index (χ1v) is 13.2. The number of Topliss-reactive ketones (excluding diaryl/α,β-unsaturated/α-hetero) is 1. The van der Waals surface area contributed by atoms with Gasteiger partial charge in [-0.3, -0.25) is 9.59 Å². The number of nitrogens with zero attached hydrogens (tertiary/aromatic N) is 1. The van der Waals surface area contributed by atoms with Crippen LogP contribution in [0.5, 0.6) is 5.75 Å². The topological polar surface area (TPSA) is 93.1 Å².